The quantitative estimate of drug-likeness (QED) is 0.840. The van der Waals surface area contributed by atoms with Gasteiger partial charge in [-0.25, -0.2) is 0 Å². The molecule has 3 amide bonds. The summed E-state index contributed by atoms with van der Waals surface area (Å²) in [5.41, 5.74) is 2.19. The zero-order chi connectivity index (χ0) is 20.3. The number of rotatable bonds is 5. The SMILES string of the molecule is CNC(=O)c1ccc(CN(C)C(=O)C2CC(=O)N(c3cccc(Cl)c3)C2)cc1. The van der Waals surface area contributed by atoms with Gasteiger partial charge in [0.05, 0.1) is 5.92 Å². The Balaban J connectivity index is 1.63. The molecule has 7 heteroatoms. The van der Waals surface area contributed by atoms with Gasteiger partial charge in [0.1, 0.15) is 0 Å². The molecule has 1 aliphatic heterocycles. The van der Waals surface area contributed by atoms with Crippen LogP contribution in [0, 0.1) is 5.92 Å². The van der Waals surface area contributed by atoms with Crippen LogP contribution in [0.25, 0.3) is 0 Å². The van der Waals surface area contributed by atoms with Crippen molar-refractivity contribution < 1.29 is 14.4 Å². The number of hydrogen-bond acceptors (Lipinski definition) is 3. The summed E-state index contributed by atoms with van der Waals surface area (Å²) in [5, 5.41) is 3.13. The van der Waals surface area contributed by atoms with Crippen molar-refractivity contribution in [2.24, 2.45) is 5.92 Å². The molecule has 2 aromatic carbocycles. The summed E-state index contributed by atoms with van der Waals surface area (Å²) < 4.78 is 0. The summed E-state index contributed by atoms with van der Waals surface area (Å²) in [7, 11) is 3.31. The Kier molecular flexibility index (Phi) is 5.99. The molecule has 0 radical (unpaired) electrons. The predicted molar refractivity (Wildman–Crippen MR) is 108 cm³/mol. The van der Waals surface area contributed by atoms with Crippen molar-refractivity contribution >= 4 is 35.0 Å². The van der Waals surface area contributed by atoms with Crippen molar-refractivity contribution in [1.29, 1.82) is 0 Å². The lowest BCUT2D eigenvalue weighted by Gasteiger charge is -2.22. The molecule has 146 valence electrons. The van der Waals surface area contributed by atoms with Crippen molar-refractivity contribution in [1.82, 2.24) is 10.2 Å². The third-order valence-electron chi connectivity index (χ3n) is 4.83. The van der Waals surface area contributed by atoms with Crippen LogP contribution in [0.5, 0.6) is 0 Å². The van der Waals surface area contributed by atoms with Gasteiger partial charge in [0.25, 0.3) is 5.91 Å². The standard InChI is InChI=1S/C21H22ClN3O3/c1-23-20(27)15-8-6-14(7-9-15)12-24(2)21(28)16-10-19(26)25(13-16)18-5-3-4-17(22)11-18/h3-9,11,16H,10,12-13H2,1-2H3,(H,23,27). The first kappa shape index (κ1) is 19.9. The Bertz CT molecular complexity index is 898. The van der Waals surface area contributed by atoms with Crippen LogP contribution in [0.15, 0.2) is 48.5 Å². The smallest absolute Gasteiger partial charge is 0.251 e. The number of hydrogen-bond donors (Lipinski definition) is 1. The molecule has 0 saturated carbocycles. The summed E-state index contributed by atoms with van der Waals surface area (Å²) in [6.45, 7) is 0.757. The molecule has 1 fully saturated rings. The van der Waals surface area contributed by atoms with E-state index in [1.165, 1.54) is 0 Å². The van der Waals surface area contributed by atoms with E-state index >= 15 is 0 Å². The van der Waals surface area contributed by atoms with E-state index in [4.69, 9.17) is 11.6 Å². The van der Waals surface area contributed by atoms with Crippen molar-refractivity contribution in [2.45, 2.75) is 13.0 Å². The number of anilines is 1. The number of nitrogens with one attached hydrogen (secondary N) is 1. The molecule has 0 spiro atoms. The van der Waals surface area contributed by atoms with E-state index in [0.29, 0.717) is 29.4 Å². The molecule has 3 rings (SSSR count). The summed E-state index contributed by atoms with van der Waals surface area (Å²) in [5.74, 6) is -0.694. The highest BCUT2D eigenvalue weighted by Gasteiger charge is 2.36. The van der Waals surface area contributed by atoms with Crippen LogP contribution in [0.1, 0.15) is 22.3 Å². The third-order valence-corrected chi connectivity index (χ3v) is 5.07. The monoisotopic (exact) mass is 399 g/mol. The van der Waals surface area contributed by atoms with Gasteiger partial charge in [0.2, 0.25) is 11.8 Å². The fraction of sp³-hybridized carbons (Fsp3) is 0.286. The largest absolute Gasteiger partial charge is 0.355 e. The van der Waals surface area contributed by atoms with Gasteiger partial charge in [0.15, 0.2) is 0 Å². The average Bonchev–Trinajstić information content (AvgIpc) is 3.09. The molecule has 0 aliphatic carbocycles. The van der Waals surface area contributed by atoms with E-state index in [-0.39, 0.29) is 30.1 Å². The summed E-state index contributed by atoms with van der Waals surface area (Å²) >= 11 is 6.01. The van der Waals surface area contributed by atoms with Gasteiger partial charge < -0.3 is 15.1 Å². The first-order valence-electron chi connectivity index (χ1n) is 9.01. The number of benzene rings is 2. The lowest BCUT2D eigenvalue weighted by atomic mass is 10.1. The molecule has 0 bridgehead atoms. The highest BCUT2D eigenvalue weighted by atomic mass is 35.5. The number of carbonyl (C=O) groups is 3. The van der Waals surface area contributed by atoms with Gasteiger partial charge in [-0.15, -0.1) is 0 Å². The van der Waals surface area contributed by atoms with Crippen LogP contribution in [0.2, 0.25) is 5.02 Å². The van der Waals surface area contributed by atoms with Crippen LogP contribution >= 0.6 is 11.6 Å². The normalized spacial score (nSPS) is 16.2. The maximum atomic E-state index is 12.8. The minimum Gasteiger partial charge on any atom is -0.355 e. The fourth-order valence-corrected chi connectivity index (χ4v) is 3.52. The molecule has 0 aromatic heterocycles. The molecular weight excluding hydrogens is 378 g/mol. The number of carbonyl (C=O) groups excluding carboxylic acids is 3. The van der Waals surface area contributed by atoms with Gasteiger partial charge in [-0.05, 0) is 35.9 Å². The van der Waals surface area contributed by atoms with Crippen LogP contribution < -0.4 is 10.2 Å². The maximum absolute atomic E-state index is 12.8. The molecule has 1 aliphatic rings. The number of amides is 3. The lowest BCUT2D eigenvalue weighted by Crippen LogP contribution is -2.34. The zero-order valence-corrected chi connectivity index (χ0v) is 16.6. The van der Waals surface area contributed by atoms with Crippen LogP contribution in [0.3, 0.4) is 0 Å². The number of nitrogens with zero attached hydrogens (tertiary/aromatic N) is 2. The summed E-state index contributed by atoms with van der Waals surface area (Å²) in [6.07, 6.45) is 0.186. The van der Waals surface area contributed by atoms with E-state index in [1.54, 1.807) is 54.2 Å². The minimum atomic E-state index is -0.387. The van der Waals surface area contributed by atoms with Crippen molar-refractivity contribution in [2.75, 3.05) is 25.5 Å². The molecule has 6 nitrogen and oxygen atoms in total. The van der Waals surface area contributed by atoms with Crippen LogP contribution in [-0.2, 0) is 16.1 Å². The van der Waals surface area contributed by atoms with E-state index in [9.17, 15) is 14.4 Å². The van der Waals surface area contributed by atoms with E-state index < -0.39 is 0 Å². The zero-order valence-electron chi connectivity index (χ0n) is 15.8. The Labute approximate surface area is 169 Å². The molecule has 1 N–H and O–H groups in total. The second kappa shape index (κ2) is 8.44. The Morgan fingerprint density at radius 3 is 2.57 bits per heavy atom. The first-order chi connectivity index (χ1) is 13.4. The molecule has 1 saturated heterocycles. The van der Waals surface area contributed by atoms with Crippen molar-refractivity contribution in [3.63, 3.8) is 0 Å². The van der Waals surface area contributed by atoms with Gasteiger partial charge >= 0.3 is 0 Å². The Hall–Kier alpha value is -2.86. The molecule has 1 unspecified atom stereocenters. The average molecular weight is 400 g/mol. The summed E-state index contributed by atoms with van der Waals surface area (Å²) in [4.78, 5) is 40.0. The third kappa shape index (κ3) is 4.34. The number of halogens is 1. The van der Waals surface area contributed by atoms with E-state index in [2.05, 4.69) is 5.32 Å². The fourth-order valence-electron chi connectivity index (χ4n) is 3.34. The minimum absolute atomic E-state index is 0.0757. The maximum Gasteiger partial charge on any atom is 0.251 e. The summed E-state index contributed by atoms with van der Waals surface area (Å²) in [6, 6.07) is 14.2. The Morgan fingerprint density at radius 2 is 1.93 bits per heavy atom. The highest BCUT2D eigenvalue weighted by molar-refractivity contribution is 6.31. The molecule has 1 heterocycles. The van der Waals surface area contributed by atoms with Gasteiger partial charge in [0, 0.05) is 49.9 Å². The van der Waals surface area contributed by atoms with Crippen molar-refractivity contribution in [3.05, 3.63) is 64.7 Å². The van der Waals surface area contributed by atoms with Crippen LogP contribution in [0.4, 0.5) is 5.69 Å². The molecular formula is C21H22ClN3O3. The van der Waals surface area contributed by atoms with E-state index in [1.807, 2.05) is 18.2 Å². The van der Waals surface area contributed by atoms with Crippen molar-refractivity contribution in [3.8, 4) is 0 Å². The second-order valence-electron chi connectivity index (χ2n) is 6.86. The van der Waals surface area contributed by atoms with Gasteiger partial charge in [-0.1, -0.05) is 29.8 Å². The topological polar surface area (TPSA) is 69.7 Å². The molecule has 2 aromatic rings. The van der Waals surface area contributed by atoms with Gasteiger partial charge in [-0.3, -0.25) is 14.4 Å². The first-order valence-corrected chi connectivity index (χ1v) is 9.38. The highest BCUT2D eigenvalue weighted by Crippen LogP contribution is 2.28. The van der Waals surface area contributed by atoms with E-state index in [0.717, 1.165) is 5.56 Å². The lowest BCUT2D eigenvalue weighted by molar-refractivity contribution is -0.135. The molecule has 1 atom stereocenters. The van der Waals surface area contributed by atoms with Crippen LogP contribution in [-0.4, -0.2) is 43.3 Å². The predicted octanol–water partition coefficient (Wildman–Crippen LogP) is 2.71. The molecule has 28 heavy (non-hydrogen) atoms. The van der Waals surface area contributed by atoms with Gasteiger partial charge in [-0.2, -0.15) is 0 Å². The Morgan fingerprint density at radius 1 is 1.21 bits per heavy atom. The second-order valence-corrected chi connectivity index (χ2v) is 7.29.